The van der Waals surface area contributed by atoms with Crippen molar-refractivity contribution in [3.8, 4) is 0 Å². The third kappa shape index (κ3) is 123. The van der Waals surface area contributed by atoms with Crippen molar-refractivity contribution in [1.82, 2.24) is 10.6 Å². The summed E-state index contributed by atoms with van der Waals surface area (Å²) in [6, 6.07) is 0. The fraction of sp³-hybridized carbons (Fsp3) is 0.867. The van der Waals surface area contributed by atoms with Crippen LogP contribution < -0.4 is 10.6 Å². The summed E-state index contributed by atoms with van der Waals surface area (Å²) in [7, 11) is 4.65. The van der Waals surface area contributed by atoms with Crippen LogP contribution in [0.1, 0.15) is 62.3 Å². The highest BCUT2D eigenvalue weighted by Crippen LogP contribution is 1.62. The first-order chi connectivity index (χ1) is 9.58. The van der Waals surface area contributed by atoms with Gasteiger partial charge in [0.15, 0.2) is 0 Å². The van der Waals surface area contributed by atoms with Gasteiger partial charge in [-0.15, -0.1) is 0 Å². The van der Waals surface area contributed by atoms with Crippen LogP contribution in [-0.2, 0) is 14.3 Å². The number of hydrogen-bond donors (Lipinski definition) is 2. The van der Waals surface area contributed by atoms with Crippen LogP contribution in [0.5, 0.6) is 0 Å². The Hall–Kier alpha value is -1.10. The van der Waals surface area contributed by atoms with E-state index in [9.17, 15) is 9.59 Å². The minimum atomic E-state index is -0.0949. The van der Waals surface area contributed by atoms with Crippen LogP contribution in [0.15, 0.2) is 0 Å². The number of methoxy groups -OCH3 is 1. The number of ether oxygens (including phenoxy) is 1. The topological polar surface area (TPSA) is 67.4 Å². The Balaban J connectivity index is -0.0000000333. The molecule has 0 atom stereocenters. The molecule has 0 spiro atoms. The minimum Gasteiger partial charge on any atom is -0.375 e. The maximum absolute atomic E-state index is 10.2. The third-order valence-corrected chi connectivity index (χ3v) is 0.906. The molecule has 2 N–H and O–H groups in total. The molecule has 0 aromatic carbocycles. The van der Waals surface area contributed by atoms with Crippen molar-refractivity contribution in [2.45, 2.75) is 62.3 Å². The Morgan fingerprint density at radius 3 is 1.10 bits per heavy atom. The summed E-state index contributed by atoms with van der Waals surface area (Å²) in [5, 5.41) is 4.79. The minimum absolute atomic E-state index is 0.00463. The van der Waals surface area contributed by atoms with Gasteiger partial charge in [0.25, 0.3) is 0 Å². The van der Waals surface area contributed by atoms with Crippen LogP contribution in [0.2, 0.25) is 0 Å². The summed E-state index contributed by atoms with van der Waals surface area (Å²) in [5.41, 5.74) is 0. The fourth-order valence-corrected chi connectivity index (χ4v) is 0.203. The molecular weight excluding hydrogens is 256 g/mol. The Kier molecular flexibility index (Phi) is 117. The van der Waals surface area contributed by atoms with E-state index in [2.05, 4.69) is 15.4 Å². The first-order valence-electron chi connectivity index (χ1n) is 7.46. The first-order valence-corrected chi connectivity index (χ1v) is 7.46. The van der Waals surface area contributed by atoms with Crippen molar-refractivity contribution in [3.05, 3.63) is 0 Å². The summed E-state index contributed by atoms with van der Waals surface area (Å²) in [4.78, 5) is 19.9. The van der Waals surface area contributed by atoms with Gasteiger partial charge in [0.2, 0.25) is 11.8 Å². The molecule has 0 radical (unpaired) electrons. The molecule has 0 bridgehead atoms. The molecule has 0 aliphatic rings. The van der Waals surface area contributed by atoms with Gasteiger partial charge in [0.05, 0.1) is 0 Å². The van der Waals surface area contributed by atoms with Crippen LogP contribution in [0, 0.1) is 0 Å². The van der Waals surface area contributed by atoms with Crippen LogP contribution >= 0.6 is 0 Å². The molecule has 0 saturated heterocycles. The molecule has 0 aromatic rings. The zero-order valence-electron chi connectivity index (χ0n) is 15.9. The average Bonchev–Trinajstić information content (AvgIpc) is 2.55. The zero-order chi connectivity index (χ0) is 18.0. The quantitative estimate of drug-likeness (QED) is 0.822. The van der Waals surface area contributed by atoms with Crippen LogP contribution in [0.3, 0.4) is 0 Å². The second-order valence-corrected chi connectivity index (χ2v) is 1.91. The molecule has 0 aliphatic heterocycles. The molecule has 0 aromatic heterocycles. The predicted octanol–water partition coefficient (Wildman–Crippen LogP) is 3.24. The Bertz CT molecular complexity index is 141. The van der Waals surface area contributed by atoms with Gasteiger partial charge in [0.1, 0.15) is 6.61 Å². The number of carbonyl (C=O) groups excluding carboxylic acids is 2. The largest absolute Gasteiger partial charge is 0.375 e. The summed E-state index contributed by atoms with van der Waals surface area (Å²) >= 11 is 0. The molecule has 0 saturated carbocycles. The van der Waals surface area contributed by atoms with Crippen molar-refractivity contribution in [2.75, 3.05) is 27.8 Å². The van der Waals surface area contributed by atoms with Crippen LogP contribution in [0.25, 0.3) is 0 Å². The van der Waals surface area contributed by atoms with Gasteiger partial charge in [-0.2, -0.15) is 0 Å². The summed E-state index contributed by atoms with van der Waals surface area (Å²) < 4.78 is 4.48. The van der Waals surface area contributed by atoms with Gasteiger partial charge in [-0.05, 0) is 0 Å². The highest BCUT2D eigenvalue weighted by atomic mass is 16.5. The van der Waals surface area contributed by atoms with Crippen molar-refractivity contribution in [2.24, 2.45) is 0 Å². The van der Waals surface area contributed by atoms with E-state index >= 15 is 0 Å². The third-order valence-electron chi connectivity index (χ3n) is 0.906. The highest BCUT2D eigenvalue weighted by molar-refractivity contribution is 5.76. The lowest BCUT2D eigenvalue weighted by molar-refractivity contribution is -0.124. The van der Waals surface area contributed by atoms with E-state index in [1.807, 2.05) is 55.4 Å². The van der Waals surface area contributed by atoms with Crippen molar-refractivity contribution in [1.29, 1.82) is 0 Å². The van der Waals surface area contributed by atoms with Crippen molar-refractivity contribution in [3.63, 3.8) is 0 Å². The van der Waals surface area contributed by atoms with E-state index < -0.39 is 0 Å². The lowest BCUT2D eigenvalue weighted by Crippen LogP contribution is -2.22. The normalized spacial score (nSPS) is 5.80. The first kappa shape index (κ1) is 36.4. The number of carbonyl (C=O) groups is 2. The molecule has 5 nitrogen and oxygen atoms in total. The molecule has 128 valence electrons. The van der Waals surface area contributed by atoms with E-state index in [0.717, 1.165) is 0 Å². The van der Waals surface area contributed by atoms with Gasteiger partial charge < -0.3 is 15.4 Å². The smallest absolute Gasteiger partial charge is 0.245 e. The Morgan fingerprint density at radius 1 is 0.800 bits per heavy atom. The monoisotopic (exact) mass is 296 g/mol. The number of hydrogen-bond acceptors (Lipinski definition) is 3. The van der Waals surface area contributed by atoms with Gasteiger partial charge in [0, 0.05) is 28.1 Å². The van der Waals surface area contributed by atoms with E-state index in [1.165, 1.54) is 14.0 Å². The second-order valence-electron chi connectivity index (χ2n) is 1.91. The molecule has 0 heterocycles. The maximum Gasteiger partial charge on any atom is 0.245 e. The molecule has 5 heteroatoms. The standard InChI is InChI=1S/C4H9NO2.C3H7NO.4C2H6/c1-5-4(6)3-7-2;1-3(5)4-2;4*1-2/h3H2,1-2H3,(H,5,6);1-2H3,(H,4,5);4*1-2H3. The molecule has 0 unspecified atom stereocenters. The Morgan fingerprint density at radius 2 is 1.05 bits per heavy atom. The fourth-order valence-electron chi connectivity index (χ4n) is 0.203. The van der Waals surface area contributed by atoms with Crippen molar-refractivity contribution >= 4 is 11.8 Å². The van der Waals surface area contributed by atoms with E-state index in [4.69, 9.17) is 0 Å². The van der Waals surface area contributed by atoms with Gasteiger partial charge in [-0.25, -0.2) is 0 Å². The van der Waals surface area contributed by atoms with Crippen molar-refractivity contribution < 1.29 is 14.3 Å². The number of nitrogens with one attached hydrogen (secondary N) is 2. The second kappa shape index (κ2) is 64.5. The van der Waals surface area contributed by atoms with Gasteiger partial charge in [-0.1, -0.05) is 55.4 Å². The Labute approximate surface area is 127 Å². The summed E-state index contributed by atoms with van der Waals surface area (Å²) in [6.07, 6.45) is 0. The lowest BCUT2D eigenvalue weighted by atomic mass is 10.7. The number of rotatable bonds is 2. The molecule has 0 aliphatic carbocycles. The summed E-state index contributed by atoms with van der Waals surface area (Å²) in [5.74, 6) is -0.0903. The van der Waals surface area contributed by atoms with Crippen LogP contribution in [-0.4, -0.2) is 39.6 Å². The summed E-state index contributed by atoms with van der Waals surface area (Å²) in [6.45, 7) is 17.6. The highest BCUT2D eigenvalue weighted by Gasteiger charge is 1.90. The predicted molar refractivity (Wildman–Crippen MR) is 91.1 cm³/mol. The number of likely N-dealkylation sites (N-methyl/N-ethyl adjacent to an activating group) is 1. The van der Waals surface area contributed by atoms with Crippen LogP contribution in [0.4, 0.5) is 0 Å². The lowest BCUT2D eigenvalue weighted by Gasteiger charge is -1.92. The SMILES string of the molecule is CC.CC.CC.CC.CNC(=O)COC.CNC(C)=O. The van der Waals surface area contributed by atoms with E-state index in [1.54, 1.807) is 14.1 Å². The molecule has 0 rings (SSSR count). The molecule has 20 heavy (non-hydrogen) atoms. The van der Waals surface area contributed by atoms with Gasteiger partial charge >= 0.3 is 0 Å². The van der Waals surface area contributed by atoms with Gasteiger partial charge in [-0.3, -0.25) is 9.59 Å². The molecule has 0 fully saturated rings. The average molecular weight is 296 g/mol. The number of amides is 2. The van der Waals surface area contributed by atoms with E-state index in [-0.39, 0.29) is 18.4 Å². The molecular formula is C15H40N2O3. The maximum atomic E-state index is 10.2. The van der Waals surface area contributed by atoms with E-state index in [0.29, 0.717) is 0 Å². The zero-order valence-corrected chi connectivity index (χ0v) is 15.9. The molecule has 2 amide bonds.